The van der Waals surface area contributed by atoms with Crippen molar-refractivity contribution in [3.05, 3.63) is 46.0 Å². The average molecular weight is 247 g/mol. The van der Waals surface area contributed by atoms with E-state index in [0.717, 1.165) is 12.8 Å². The van der Waals surface area contributed by atoms with Crippen LogP contribution in [0.3, 0.4) is 0 Å². The second kappa shape index (κ2) is 5.44. The van der Waals surface area contributed by atoms with Crippen molar-refractivity contribution in [1.82, 2.24) is 0 Å². The van der Waals surface area contributed by atoms with Crippen LogP contribution in [0, 0.1) is 16.0 Å². The van der Waals surface area contributed by atoms with Crippen LogP contribution in [0.15, 0.2) is 30.3 Å². The highest BCUT2D eigenvalue weighted by Gasteiger charge is 2.22. The molecule has 1 fully saturated rings. The maximum Gasteiger partial charge on any atom is 0.330 e. The van der Waals surface area contributed by atoms with Gasteiger partial charge in [-0.05, 0) is 30.4 Å². The van der Waals surface area contributed by atoms with E-state index in [2.05, 4.69) is 0 Å². The molecule has 0 saturated heterocycles. The minimum atomic E-state index is -0.469. The van der Waals surface area contributed by atoms with Crippen LogP contribution in [0.2, 0.25) is 0 Å². The molecule has 2 rings (SSSR count). The van der Waals surface area contributed by atoms with Gasteiger partial charge in [0.05, 0.1) is 11.5 Å². The van der Waals surface area contributed by atoms with Crippen molar-refractivity contribution in [1.29, 1.82) is 0 Å². The van der Waals surface area contributed by atoms with Gasteiger partial charge in [-0.25, -0.2) is 4.79 Å². The summed E-state index contributed by atoms with van der Waals surface area (Å²) in [5.41, 5.74) is 0.607. The second-order valence-electron chi connectivity index (χ2n) is 4.26. The normalized spacial score (nSPS) is 14.7. The summed E-state index contributed by atoms with van der Waals surface area (Å²) >= 11 is 0. The molecule has 0 amide bonds. The van der Waals surface area contributed by atoms with Gasteiger partial charge in [-0.2, -0.15) is 0 Å². The predicted molar refractivity (Wildman–Crippen MR) is 65.8 cm³/mol. The van der Waals surface area contributed by atoms with Gasteiger partial charge in [0.1, 0.15) is 0 Å². The molecular formula is C13H13NO4. The van der Waals surface area contributed by atoms with Crippen molar-refractivity contribution in [3.8, 4) is 0 Å². The Balaban J connectivity index is 1.92. The number of hydrogen-bond acceptors (Lipinski definition) is 4. The van der Waals surface area contributed by atoms with Crippen LogP contribution < -0.4 is 0 Å². The summed E-state index contributed by atoms with van der Waals surface area (Å²) in [6.07, 6.45) is 5.06. The molecule has 0 heterocycles. The lowest BCUT2D eigenvalue weighted by Crippen LogP contribution is -2.03. The molecule has 0 aromatic heterocycles. The molecule has 1 aliphatic carbocycles. The van der Waals surface area contributed by atoms with E-state index in [9.17, 15) is 14.9 Å². The third-order valence-corrected chi connectivity index (χ3v) is 2.65. The number of esters is 1. The predicted octanol–water partition coefficient (Wildman–Crippen LogP) is 2.56. The first-order chi connectivity index (χ1) is 8.65. The topological polar surface area (TPSA) is 69.4 Å². The first-order valence-electron chi connectivity index (χ1n) is 5.74. The van der Waals surface area contributed by atoms with E-state index in [1.807, 2.05) is 0 Å². The fraction of sp³-hybridized carbons (Fsp3) is 0.308. The third-order valence-electron chi connectivity index (χ3n) is 2.65. The van der Waals surface area contributed by atoms with E-state index in [-0.39, 0.29) is 5.69 Å². The first kappa shape index (κ1) is 12.3. The van der Waals surface area contributed by atoms with Crippen LogP contribution in [0.25, 0.3) is 6.08 Å². The Bertz CT molecular complexity index is 492. The highest BCUT2D eigenvalue weighted by Crippen LogP contribution is 2.28. The molecular weight excluding hydrogens is 234 g/mol. The Labute approximate surface area is 104 Å². The van der Waals surface area contributed by atoms with Gasteiger partial charge in [0.2, 0.25) is 0 Å². The molecule has 1 aliphatic rings. The van der Waals surface area contributed by atoms with Gasteiger partial charge in [0.25, 0.3) is 5.69 Å². The van der Waals surface area contributed by atoms with E-state index in [1.54, 1.807) is 12.1 Å². The van der Waals surface area contributed by atoms with Gasteiger partial charge in [0, 0.05) is 18.2 Å². The van der Waals surface area contributed by atoms with E-state index < -0.39 is 10.9 Å². The Kier molecular flexibility index (Phi) is 3.72. The van der Waals surface area contributed by atoms with Crippen molar-refractivity contribution in [2.45, 2.75) is 12.8 Å². The fourth-order valence-corrected chi connectivity index (χ4v) is 1.44. The van der Waals surface area contributed by atoms with Gasteiger partial charge in [-0.15, -0.1) is 0 Å². The van der Waals surface area contributed by atoms with Gasteiger partial charge < -0.3 is 4.74 Å². The number of nitro groups is 1. The van der Waals surface area contributed by atoms with E-state index in [1.165, 1.54) is 24.3 Å². The molecule has 1 aromatic rings. The number of hydrogen-bond donors (Lipinski definition) is 0. The highest BCUT2D eigenvalue weighted by molar-refractivity contribution is 5.87. The molecule has 1 aromatic carbocycles. The number of carbonyl (C=O) groups excluding carboxylic acids is 1. The number of nitrogens with zero attached hydrogens (tertiary/aromatic N) is 1. The van der Waals surface area contributed by atoms with Crippen LogP contribution in [-0.4, -0.2) is 17.5 Å². The summed E-state index contributed by atoms with van der Waals surface area (Å²) in [4.78, 5) is 21.4. The Morgan fingerprint density at radius 1 is 1.50 bits per heavy atom. The lowest BCUT2D eigenvalue weighted by atomic mass is 10.2. The van der Waals surface area contributed by atoms with Crippen LogP contribution >= 0.6 is 0 Å². The highest BCUT2D eigenvalue weighted by atomic mass is 16.6. The van der Waals surface area contributed by atoms with E-state index in [0.29, 0.717) is 18.1 Å². The van der Waals surface area contributed by atoms with Crippen molar-refractivity contribution in [3.63, 3.8) is 0 Å². The standard InChI is InChI=1S/C13H13NO4/c15-13(18-9-11-4-5-11)7-6-10-2-1-3-12(8-10)14(16)17/h1-3,6-8,11H,4-5,9H2/b7-6+. The van der Waals surface area contributed by atoms with Crippen LogP contribution in [-0.2, 0) is 9.53 Å². The Hall–Kier alpha value is -2.17. The zero-order valence-electron chi connectivity index (χ0n) is 9.74. The zero-order valence-corrected chi connectivity index (χ0v) is 9.74. The monoisotopic (exact) mass is 247 g/mol. The minimum Gasteiger partial charge on any atom is -0.462 e. The van der Waals surface area contributed by atoms with Crippen molar-refractivity contribution >= 4 is 17.7 Å². The Morgan fingerprint density at radius 2 is 2.28 bits per heavy atom. The molecule has 5 nitrogen and oxygen atoms in total. The van der Waals surface area contributed by atoms with Gasteiger partial charge >= 0.3 is 5.97 Å². The SMILES string of the molecule is O=C(/C=C/c1cccc([N+](=O)[O-])c1)OCC1CC1. The molecule has 0 N–H and O–H groups in total. The average Bonchev–Trinajstić information content (AvgIpc) is 3.18. The zero-order chi connectivity index (χ0) is 13.0. The van der Waals surface area contributed by atoms with Crippen LogP contribution in [0.5, 0.6) is 0 Å². The maximum absolute atomic E-state index is 11.3. The summed E-state index contributed by atoms with van der Waals surface area (Å²) in [7, 11) is 0. The smallest absolute Gasteiger partial charge is 0.330 e. The molecule has 18 heavy (non-hydrogen) atoms. The summed E-state index contributed by atoms with van der Waals surface area (Å²) in [5, 5.41) is 10.6. The molecule has 0 spiro atoms. The molecule has 1 saturated carbocycles. The van der Waals surface area contributed by atoms with Crippen LogP contribution in [0.1, 0.15) is 18.4 Å². The van der Waals surface area contributed by atoms with Gasteiger partial charge in [-0.3, -0.25) is 10.1 Å². The molecule has 0 aliphatic heterocycles. The number of carbonyl (C=O) groups is 1. The van der Waals surface area contributed by atoms with E-state index in [4.69, 9.17) is 4.74 Å². The molecule has 0 radical (unpaired) electrons. The molecule has 94 valence electrons. The second-order valence-corrected chi connectivity index (χ2v) is 4.26. The lowest BCUT2D eigenvalue weighted by molar-refractivity contribution is -0.384. The van der Waals surface area contributed by atoms with E-state index >= 15 is 0 Å². The fourth-order valence-electron chi connectivity index (χ4n) is 1.44. The number of nitro benzene ring substituents is 1. The number of rotatable bonds is 5. The van der Waals surface area contributed by atoms with Gasteiger partial charge in [-0.1, -0.05) is 12.1 Å². The van der Waals surface area contributed by atoms with Crippen LogP contribution in [0.4, 0.5) is 5.69 Å². The quantitative estimate of drug-likeness (QED) is 0.347. The number of ether oxygens (including phenoxy) is 1. The summed E-state index contributed by atoms with van der Waals surface area (Å²) < 4.78 is 5.01. The summed E-state index contributed by atoms with van der Waals surface area (Å²) in [6, 6.07) is 6.08. The molecule has 0 bridgehead atoms. The largest absolute Gasteiger partial charge is 0.462 e. The maximum atomic E-state index is 11.3. The third kappa shape index (κ3) is 3.69. The lowest BCUT2D eigenvalue weighted by Gasteiger charge is -1.98. The van der Waals surface area contributed by atoms with Gasteiger partial charge in [0.15, 0.2) is 0 Å². The Morgan fingerprint density at radius 3 is 2.94 bits per heavy atom. The summed E-state index contributed by atoms with van der Waals surface area (Å²) in [6.45, 7) is 0.470. The first-order valence-corrected chi connectivity index (χ1v) is 5.74. The minimum absolute atomic E-state index is 0.00324. The number of non-ortho nitro benzene ring substituents is 1. The number of benzene rings is 1. The molecule has 0 unspecified atom stereocenters. The van der Waals surface area contributed by atoms with Crippen molar-refractivity contribution < 1.29 is 14.5 Å². The molecule has 5 heteroatoms. The van der Waals surface area contributed by atoms with Crippen molar-refractivity contribution in [2.24, 2.45) is 5.92 Å². The summed E-state index contributed by atoms with van der Waals surface area (Å²) in [5.74, 6) is 0.119. The van der Waals surface area contributed by atoms with Crippen molar-refractivity contribution in [2.75, 3.05) is 6.61 Å². The molecule has 0 atom stereocenters.